The van der Waals surface area contributed by atoms with Crippen molar-refractivity contribution in [3.8, 4) is 0 Å². The molecule has 156 valence electrons. The third kappa shape index (κ3) is 4.54. The Morgan fingerprint density at radius 2 is 1.47 bits per heavy atom. The second-order valence-corrected chi connectivity index (χ2v) is 9.26. The van der Waals surface area contributed by atoms with Gasteiger partial charge in [0, 0.05) is 11.3 Å². The van der Waals surface area contributed by atoms with Crippen LogP contribution in [0.5, 0.6) is 0 Å². The number of carbonyl (C=O) groups excluding carboxylic acids is 1. The van der Waals surface area contributed by atoms with Crippen LogP contribution >= 0.6 is 0 Å². The van der Waals surface area contributed by atoms with E-state index in [0.29, 0.717) is 16.9 Å². The summed E-state index contributed by atoms with van der Waals surface area (Å²) in [5, 5.41) is 2.88. The minimum atomic E-state index is -3.86. The minimum Gasteiger partial charge on any atom is -0.322 e. The first-order valence-corrected chi connectivity index (χ1v) is 11.1. The number of anilines is 2. The van der Waals surface area contributed by atoms with Crippen molar-refractivity contribution in [2.24, 2.45) is 0 Å². The zero-order chi connectivity index (χ0) is 22.1. The summed E-state index contributed by atoms with van der Waals surface area (Å²) in [5.74, 6) is -0.355. The molecule has 0 spiro atoms. The Kier molecular flexibility index (Phi) is 5.99. The number of nitrogens with one attached hydrogen (secondary N) is 2. The Balaban J connectivity index is 1.93. The summed E-state index contributed by atoms with van der Waals surface area (Å²) in [6.45, 7) is 9.37. The van der Waals surface area contributed by atoms with Crippen LogP contribution in [0.2, 0.25) is 0 Å². The highest BCUT2D eigenvalue weighted by atomic mass is 32.2. The van der Waals surface area contributed by atoms with Crippen molar-refractivity contribution in [2.45, 2.75) is 39.5 Å². The zero-order valence-corrected chi connectivity index (χ0v) is 18.6. The third-order valence-electron chi connectivity index (χ3n) is 5.23. The van der Waals surface area contributed by atoms with Crippen LogP contribution < -0.4 is 10.0 Å². The number of carbonyl (C=O) groups is 1. The van der Waals surface area contributed by atoms with E-state index in [0.717, 1.165) is 22.3 Å². The number of hydrogen-bond donors (Lipinski definition) is 2. The summed E-state index contributed by atoms with van der Waals surface area (Å²) < 4.78 is 28.8. The lowest BCUT2D eigenvalue weighted by atomic mass is 10.1. The van der Waals surface area contributed by atoms with Crippen molar-refractivity contribution >= 4 is 27.3 Å². The zero-order valence-electron chi connectivity index (χ0n) is 17.8. The maximum absolute atomic E-state index is 13.1. The lowest BCUT2D eigenvalue weighted by Gasteiger charge is -2.15. The van der Waals surface area contributed by atoms with Gasteiger partial charge in [-0.3, -0.25) is 9.52 Å². The molecule has 0 bridgehead atoms. The highest BCUT2D eigenvalue weighted by molar-refractivity contribution is 7.92. The van der Waals surface area contributed by atoms with E-state index in [2.05, 4.69) is 10.0 Å². The summed E-state index contributed by atoms with van der Waals surface area (Å²) in [6.07, 6.45) is 0. The number of hydrogen-bond acceptors (Lipinski definition) is 3. The second-order valence-electron chi connectivity index (χ2n) is 7.61. The quantitative estimate of drug-likeness (QED) is 0.587. The number of benzene rings is 3. The van der Waals surface area contributed by atoms with E-state index in [9.17, 15) is 13.2 Å². The molecule has 0 unspecified atom stereocenters. The van der Waals surface area contributed by atoms with Gasteiger partial charge in [0.1, 0.15) is 0 Å². The molecule has 0 saturated carbocycles. The number of aryl methyl sites for hydroxylation is 4. The van der Waals surface area contributed by atoms with Gasteiger partial charge >= 0.3 is 0 Å². The summed E-state index contributed by atoms with van der Waals surface area (Å²) in [4.78, 5) is 12.9. The molecule has 0 saturated heterocycles. The first-order chi connectivity index (χ1) is 14.1. The molecular formula is C24H26N2O3S. The molecule has 1 amide bonds. The molecule has 0 heterocycles. The van der Waals surface area contributed by atoms with Crippen LogP contribution in [0.1, 0.15) is 38.2 Å². The Labute approximate surface area is 178 Å². The Hall–Kier alpha value is -3.12. The van der Waals surface area contributed by atoms with E-state index in [4.69, 9.17) is 0 Å². The van der Waals surface area contributed by atoms with Crippen LogP contribution in [-0.2, 0) is 10.0 Å². The van der Waals surface area contributed by atoms with Gasteiger partial charge in [0.25, 0.3) is 15.9 Å². The molecular weight excluding hydrogens is 396 g/mol. The highest BCUT2D eigenvalue weighted by Gasteiger charge is 2.20. The van der Waals surface area contributed by atoms with Crippen LogP contribution in [0.15, 0.2) is 59.5 Å². The second kappa shape index (κ2) is 8.32. The molecule has 0 radical (unpaired) electrons. The normalized spacial score (nSPS) is 11.2. The summed E-state index contributed by atoms with van der Waals surface area (Å²) in [5.41, 5.74) is 5.90. The van der Waals surface area contributed by atoms with E-state index in [1.807, 2.05) is 58.0 Å². The van der Waals surface area contributed by atoms with E-state index < -0.39 is 10.0 Å². The van der Waals surface area contributed by atoms with Crippen molar-refractivity contribution < 1.29 is 13.2 Å². The van der Waals surface area contributed by atoms with E-state index in [1.165, 1.54) is 6.07 Å². The predicted octanol–water partition coefficient (Wildman–Crippen LogP) is 5.28. The highest BCUT2D eigenvalue weighted by Crippen LogP contribution is 2.25. The van der Waals surface area contributed by atoms with Gasteiger partial charge in [-0.25, -0.2) is 8.42 Å². The Bertz CT molecular complexity index is 1230. The van der Waals surface area contributed by atoms with Gasteiger partial charge in [-0.2, -0.15) is 0 Å². The molecule has 5 nitrogen and oxygen atoms in total. The predicted molar refractivity (Wildman–Crippen MR) is 122 cm³/mol. The fraction of sp³-hybridized carbons (Fsp3) is 0.208. The molecule has 0 aliphatic rings. The molecule has 3 aromatic carbocycles. The molecule has 2 N–H and O–H groups in total. The van der Waals surface area contributed by atoms with Gasteiger partial charge in [-0.1, -0.05) is 30.3 Å². The van der Waals surface area contributed by atoms with Crippen LogP contribution in [0.25, 0.3) is 0 Å². The molecule has 0 aromatic heterocycles. The number of sulfonamides is 1. The van der Waals surface area contributed by atoms with E-state index in [-0.39, 0.29) is 16.4 Å². The molecule has 30 heavy (non-hydrogen) atoms. The molecule has 0 fully saturated rings. The molecule has 6 heteroatoms. The fourth-order valence-electron chi connectivity index (χ4n) is 3.16. The monoisotopic (exact) mass is 422 g/mol. The standard InChI is InChI=1S/C24H26N2O3S/c1-15-9-10-17(3)22(13-15)26-30(28,29)23-14-20(12-11-18(23)4)24(27)25-21-8-6-7-16(2)19(21)5/h6-14,26H,1-5H3,(H,25,27). The molecule has 0 aliphatic carbocycles. The summed E-state index contributed by atoms with van der Waals surface area (Å²) in [7, 11) is -3.86. The smallest absolute Gasteiger partial charge is 0.262 e. The number of amides is 1. The fourth-order valence-corrected chi connectivity index (χ4v) is 4.55. The van der Waals surface area contributed by atoms with Crippen molar-refractivity contribution in [1.82, 2.24) is 0 Å². The molecule has 3 aromatic rings. The maximum atomic E-state index is 13.1. The Morgan fingerprint density at radius 1 is 0.767 bits per heavy atom. The number of rotatable bonds is 5. The summed E-state index contributed by atoms with van der Waals surface area (Å²) in [6, 6.07) is 16.0. The van der Waals surface area contributed by atoms with Crippen LogP contribution in [0.4, 0.5) is 11.4 Å². The van der Waals surface area contributed by atoms with Crippen LogP contribution in [0, 0.1) is 34.6 Å². The average molecular weight is 423 g/mol. The average Bonchev–Trinajstić information content (AvgIpc) is 2.68. The van der Waals surface area contributed by atoms with Gasteiger partial charge in [-0.15, -0.1) is 0 Å². The Morgan fingerprint density at radius 3 is 2.20 bits per heavy atom. The van der Waals surface area contributed by atoms with Gasteiger partial charge in [0.2, 0.25) is 0 Å². The van der Waals surface area contributed by atoms with Gasteiger partial charge in [-0.05, 0) is 86.7 Å². The largest absolute Gasteiger partial charge is 0.322 e. The van der Waals surface area contributed by atoms with E-state index >= 15 is 0 Å². The van der Waals surface area contributed by atoms with Gasteiger partial charge in [0.15, 0.2) is 0 Å². The van der Waals surface area contributed by atoms with E-state index in [1.54, 1.807) is 25.1 Å². The minimum absolute atomic E-state index is 0.0806. The molecule has 0 aliphatic heterocycles. The topological polar surface area (TPSA) is 75.3 Å². The first-order valence-electron chi connectivity index (χ1n) is 9.67. The van der Waals surface area contributed by atoms with Gasteiger partial charge < -0.3 is 5.32 Å². The third-order valence-corrected chi connectivity index (χ3v) is 6.74. The lowest BCUT2D eigenvalue weighted by Crippen LogP contribution is -2.18. The van der Waals surface area contributed by atoms with Crippen molar-refractivity contribution in [2.75, 3.05) is 10.0 Å². The maximum Gasteiger partial charge on any atom is 0.262 e. The van der Waals surface area contributed by atoms with Crippen LogP contribution in [-0.4, -0.2) is 14.3 Å². The van der Waals surface area contributed by atoms with Gasteiger partial charge in [0.05, 0.1) is 10.6 Å². The SMILES string of the molecule is Cc1ccc(C)c(NS(=O)(=O)c2cc(C(=O)Nc3cccc(C)c3C)ccc2C)c1. The van der Waals surface area contributed by atoms with Crippen molar-refractivity contribution in [3.05, 3.63) is 88.0 Å². The van der Waals surface area contributed by atoms with Crippen molar-refractivity contribution in [1.29, 1.82) is 0 Å². The first kappa shape index (κ1) is 21.6. The lowest BCUT2D eigenvalue weighted by molar-refractivity contribution is 0.102. The molecule has 3 rings (SSSR count). The van der Waals surface area contributed by atoms with Crippen LogP contribution in [0.3, 0.4) is 0 Å². The summed E-state index contributed by atoms with van der Waals surface area (Å²) >= 11 is 0. The van der Waals surface area contributed by atoms with Crippen molar-refractivity contribution in [3.63, 3.8) is 0 Å². The molecule has 0 atom stereocenters.